The second-order valence-electron chi connectivity index (χ2n) is 8.49. The summed E-state index contributed by atoms with van der Waals surface area (Å²) >= 11 is 0. The molecule has 0 atom stereocenters. The molecule has 0 aromatic heterocycles. The van der Waals surface area contributed by atoms with E-state index < -0.39 is 0 Å². The lowest BCUT2D eigenvalue weighted by atomic mass is 9.81. The molecule has 0 aliphatic heterocycles. The molecule has 32 heavy (non-hydrogen) atoms. The first-order valence-electron chi connectivity index (χ1n) is 10.6. The minimum Gasteiger partial charge on any atom is -0.289 e. The molecule has 0 bridgehead atoms. The van der Waals surface area contributed by atoms with Crippen LogP contribution in [-0.2, 0) is 0 Å². The molecule has 0 saturated heterocycles. The Hall–Kier alpha value is -4.30. The highest BCUT2D eigenvalue weighted by Crippen LogP contribution is 2.52. The van der Waals surface area contributed by atoms with Crippen molar-refractivity contribution in [2.24, 2.45) is 0 Å². The van der Waals surface area contributed by atoms with Gasteiger partial charge in [-0.1, -0.05) is 67.8 Å². The zero-order chi connectivity index (χ0) is 21.7. The van der Waals surface area contributed by atoms with Gasteiger partial charge in [0.05, 0.1) is 0 Å². The summed E-state index contributed by atoms with van der Waals surface area (Å²) in [6.07, 6.45) is 2.92. The van der Waals surface area contributed by atoms with Crippen LogP contribution >= 0.6 is 0 Å². The molecule has 0 spiro atoms. The first-order chi connectivity index (χ1) is 15.6. The lowest BCUT2D eigenvalue weighted by molar-refractivity contribution is 0.0981. The van der Waals surface area contributed by atoms with Gasteiger partial charge in [-0.05, 0) is 72.8 Å². The Balaban J connectivity index is 1.63. The van der Waals surface area contributed by atoms with Crippen molar-refractivity contribution in [3.63, 3.8) is 0 Å². The maximum absolute atomic E-state index is 13.3. The summed E-state index contributed by atoms with van der Waals surface area (Å²) in [5.74, 6) is -0.347. The van der Waals surface area contributed by atoms with Crippen molar-refractivity contribution in [2.45, 2.75) is 0 Å². The highest BCUT2D eigenvalue weighted by atomic mass is 16.1. The van der Waals surface area contributed by atoms with Crippen LogP contribution < -0.4 is 0 Å². The fourth-order valence-corrected chi connectivity index (χ4v) is 5.65. The SMILES string of the molecule is C=CC1=C(C=C)C(=O)c2cc3c(cc2C1=O)-c1ccc2ccc4cccc5cc-3c1c2c45. The third-order valence-electron chi connectivity index (χ3n) is 7.04. The number of allylic oxidation sites excluding steroid dienone is 4. The first kappa shape index (κ1) is 17.4. The molecular weight excluding hydrogens is 392 g/mol. The monoisotopic (exact) mass is 408 g/mol. The Morgan fingerprint density at radius 3 is 1.72 bits per heavy atom. The smallest absolute Gasteiger partial charge is 0.194 e. The highest BCUT2D eigenvalue weighted by Gasteiger charge is 2.33. The average Bonchev–Trinajstić information content (AvgIpc) is 3.14. The van der Waals surface area contributed by atoms with Gasteiger partial charge in [-0.2, -0.15) is 0 Å². The summed E-state index contributed by atoms with van der Waals surface area (Å²) in [5.41, 5.74) is 5.77. The minimum absolute atomic E-state index is 0.174. The van der Waals surface area contributed by atoms with Crippen LogP contribution in [0.25, 0.3) is 54.6 Å². The van der Waals surface area contributed by atoms with Gasteiger partial charge in [-0.3, -0.25) is 9.59 Å². The van der Waals surface area contributed by atoms with Crippen LogP contribution in [0.15, 0.2) is 97.1 Å². The molecule has 2 aliphatic carbocycles. The highest BCUT2D eigenvalue weighted by molar-refractivity contribution is 6.34. The maximum atomic E-state index is 13.3. The molecule has 0 unspecified atom stereocenters. The van der Waals surface area contributed by atoms with E-state index in [2.05, 4.69) is 61.7 Å². The molecule has 0 N–H and O–H groups in total. The Labute approximate surface area is 184 Å². The second-order valence-corrected chi connectivity index (χ2v) is 8.49. The number of rotatable bonds is 2. The minimum atomic E-state index is -0.174. The van der Waals surface area contributed by atoms with Crippen LogP contribution in [0.3, 0.4) is 0 Å². The molecular formula is C30H16O2. The summed E-state index contributed by atoms with van der Waals surface area (Å²) in [4.78, 5) is 26.5. The fraction of sp³-hybridized carbons (Fsp3) is 0. The summed E-state index contributed by atoms with van der Waals surface area (Å²) in [5, 5.41) is 7.31. The lowest BCUT2D eigenvalue weighted by Crippen LogP contribution is -2.20. The number of carbonyl (C=O) groups excluding carboxylic acids is 2. The van der Waals surface area contributed by atoms with Crippen LogP contribution in [0.1, 0.15) is 20.7 Å². The van der Waals surface area contributed by atoms with E-state index in [1.165, 1.54) is 44.5 Å². The summed E-state index contributed by atoms with van der Waals surface area (Å²) in [6.45, 7) is 7.50. The van der Waals surface area contributed by atoms with Gasteiger partial charge in [-0.25, -0.2) is 0 Å². The topological polar surface area (TPSA) is 34.1 Å². The van der Waals surface area contributed by atoms with Crippen LogP contribution in [0.4, 0.5) is 0 Å². The largest absolute Gasteiger partial charge is 0.289 e. The molecule has 2 heteroatoms. The zero-order valence-corrected chi connectivity index (χ0v) is 17.2. The van der Waals surface area contributed by atoms with Gasteiger partial charge in [0.2, 0.25) is 0 Å². The Kier molecular flexibility index (Phi) is 3.09. The molecule has 5 aromatic carbocycles. The zero-order valence-electron chi connectivity index (χ0n) is 17.2. The van der Waals surface area contributed by atoms with Crippen molar-refractivity contribution in [1.29, 1.82) is 0 Å². The number of benzene rings is 5. The van der Waals surface area contributed by atoms with Gasteiger partial charge in [0.25, 0.3) is 0 Å². The predicted octanol–water partition coefficient (Wildman–Crippen LogP) is 7.28. The van der Waals surface area contributed by atoms with E-state index in [0.717, 1.165) is 22.3 Å². The van der Waals surface area contributed by atoms with Gasteiger partial charge in [0.1, 0.15) is 0 Å². The number of hydrogen-bond donors (Lipinski definition) is 0. The van der Waals surface area contributed by atoms with Crippen LogP contribution in [0, 0.1) is 0 Å². The molecule has 2 nitrogen and oxygen atoms in total. The van der Waals surface area contributed by atoms with Crippen LogP contribution in [0.5, 0.6) is 0 Å². The third kappa shape index (κ3) is 1.86. The van der Waals surface area contributed by atoms with Crippen LogP contribution in [0.2, 0.25) is 0 Å². The molecule has 0 fully saturated rings. The van der Waals surface area contributed by atoms with Gasteiger partial charge >= 0.3 is 0 Å². The third-order valence-corrected chi connectivity index (χ3v) is 7.04. The van der Waals surface area contributed by atoms with E-state index in [1.807, 2.05) is 12.1 Å². The number of fused-ring (bicyclic) bond motifs is 4. The fourth-order valence-electron chi connectivity index (χ4n) is 5.65. The van der Waals surface area contributed by atoms with Gasteiger partial charge < -0.3 is 0 Å². The van der Waals surface area contributed by atoms with Gasteiger partial charge in [0, 0.05) is 22.3 Å². The molecule has 0 radical (unpaired) electrons. The van der Waals surface area contributed by atoms with E-state index in [9.17, 15) is 9.59 Å². The van der Waals surface area contributed by atoms with E-state index in [0.29, 0.717) is 22.3 Å². The number of carbonyl (C=O) groups is 2. The quantitative estimate of drug-likeness (QED) is 0.282. The van der Waals surface area contributed by atoms with Crippen molar-refractivity contribution >= 4 is 43.9 Å². The first-order valence-corrected chi connectivity index (χ1v) is 10.6. The molecule has 5 aromatic rings. The van der Waals surface area contributed by atoms with Crippen molar-refractivity contribution in [2.75, 3.05) is 0 Å². The molecule has 0 amide bonds. The van der Waals surface area contributed by atoms with Gasteiger partial charge in [-0.15, -0.1) is 0 Å². The van der Waals surface area contributed by atoms with E-state index in [1.54, 1.807) is 0 Å². The molecule has 148 valence electrons. The van der Waals surface area contributed by atoms with E-state index in [4.69, 9.17) is 0 Å². The normalized spacial score (nSPS) is 14.5. The number of ketones is 2. The number of hydrogen-bond acceptors (Lipinski definition) is 2. The Morgan fingerprint density at radius 1 is 0.500 bits per heavy atom. The number of Topliss-reactive ketones (excluding diaryl/α,β-unsaturated/α-hetero) is 2. The van der Waals surface area contributed by atoms with Crippen molar-refractivity contribution < 1.29 is 9.59 Å². The lowest BCUT2D eigenvalue weighted by Gasteiger charge is -2.19. The molecule has 0 saturated carbocycles. The maximum Gasteiger partial charge on any atom is 0.194 e. The second kappa shape index (κ2) is 5.68. The van der Waals surface area contributed by atoms with E-state index in [-0.39, 0.29) is 11.6 Å². The average molecular weight is 408 g/mol. The van der Waals surface area contributed by atoms with Crippen LogP contribution in [-0.4, -0.2) is 11.6 Å². The van der Waals surface area contributed by atoms with Crippen molar-refractivity contribution in [3.8, 4) is 22.3 Å². The summed E-state index contributed by atoms with van der Waals surface area (Å²) in [7, 11) is 0. The summed E-state index contributed by atoms with van der Waals surface area (Å²) in [6, 6.07) is 21.0. The van der Waals surface area contributed by atoms with E-state index >= 15 is 0 Å². The van der Waals surface area contributed by atoms with Gasteiger partial charge in [0.15, 0.2) is 11.6 Å². The Morgan fingerprint density at radius 2 is 1.06 bits per heavy atom. The Bertz CT molecular complexity index is 1780. The van der Waals surface area contributed by atoms with Crippen molar-refractivity contribution in [3.05, 3.63) is 108 Å². The summed E-state index contributed by atoms with van der Waals surface area (Å²) < 4.78 is 0. The predicted molar refractivity (Wildman–Crippen MR) is 131 cm³/mol. The standard InChI is InChI=1S/C30H16O2/c1-3-18-19(4-2)30(32)25-14-22-21(13-24(25)29(18)31)20-11-10-16-9-8-15-6-5-7-17-12-23(22)28(20)27(16)26(15)17/h3-14H,1-2H2. The van der Waals surface area contributed by atoms with Crippen molar-refractivity contribution in [1.82, 2.24) is 0 Å². The molecule has 0 heterocycles. The molecule has 2 aliphatic rings. The molecule has 7 rings (SSSR count).